The first-order chi connectivity index (χ1) is 14.1. The van der Waals surface area contributed by atoms with Crippen molar-refractivity contribution >= 4 is 45.2 Å². The molecule has 0 amide bonds. The molecule has 144 valence electrons. The van der Waals surface area contributed by atoms with Crippen molar-refractivity contribution in [3.05, 3.63) is 69.7 Å². The molecule has 29 heavy (non-hydrogen) atoms. The first-order valence-electron chi connectivity index (χ1n) is 8.78. The number of nitrogens with zero attached hydrogens (tertiary/aromatic N) is 4. The number of nitrogens with one attached hydrogen (secondary N) is 1. The summed E-state index contributed by atoms with van der Waals surface area (Å²) in [7, 11) is 1.87. The molecule has 3 heterocycles. The number of furan rings is 1. The van der Waals surface area contributed by atoms with Crippen LogP contribution >= 0.6 is 23.4 Å². The quantitative estimate of drug-likeness (QED) is 0.430. The standard InChI is InChI=1S/C20H14ClN5O2S/c1-26-18(16-9-11-8-12(21)6-7-15(11)28-16)24-25-20(26)29-10-17-22-14-5-3-2-4-13(14)19(27)23-17/h2-9H,10H2,1H3,(H,22,23,27). The van der Waals surface area contributed by atoms with E-state index in [0.717, 1.165) is 11.0 Å². The van der Waals surface area contributed by atoms with E-state index in [4.69, 9.17) is 16.0 Å². The molecule has 0 bridgehead atoms. The van der Waals surface area contributed by atoms with Gasteiger partial charge in [-0.2, -0.15) is 0 Å². The Balaban J connectivity index is 1.42. The molecule has 0 unspecified atom stereocenters. The molecule has 0 saturated carbocycles. The number of para-hydroxylation sites is 1. The number of thioether (sulfide) groups is 1. The normalized spacial score (nSPS) is 11.5. The smallest absolute Gasteiger partial charge is 0.258 e. The lowest BCUT2D eigenvalue weighted by molar-refractivity contribution is 0.618. The molecule has 0 spiro atoms. The van der Waals surface area contributed by atoms with Gasteiger partial charge in [-0.1, -0.05) is 35.5 Å². The SMILES string of the molecule is Cn1c(SCc2nc3ccccc3c(=O)[nH]2)nnc1-c1cc2cc(Cl)ccc2o1. The van der Waals surface area contributed by atoms with Gasteiger partial charge in [0.25, 0.3) is 5.56 Å². The van der Waals surface area contributed by atoms with Gasteiger partial charge in [0.2, 0.25) is 0 Å². The van der Waals surface area contributed by atoms with Crippen LogP contribution in [-0.4, -0.2) is 24.7 Å². The van der Waals surface area contributed by atoms with Crippen LogP contribution in [0.5, 0.6) is 0 Å². The van der Waals surface area contributed by atoms with Crippen LogP contribution in [0.1, 0.15) is 5.82 Å². The third kappa shape index (κ3) is 3.30. The average molecular weight is 424 g/mol. The Morgan fingerprint density at radius 2 is 2.03 bits per heavy atom. The van der Waals surface area contributed by atoms with Crippen LogP contribution in [0, 0.1) is 0 Å². The maximum Gasteiger partial charge on any atom is 0.258 e. The zero-order valence-electron chi connectivity index (χ0n) is 15.2. The Bertz CT molecular complexity index is 1420. The van der Waals surface area contributed by atoms with E-state index in [2.05, 4.69) is 20.2 Å². The fourth-order valence-electron chi connectivity index (χ4n) is 3.12. The van der Waals surface area contributed by atoms with Gasteiger partial charge in [0.1, 0.15) is 11.4 Å². The Labute approximate surface area is 173 Å². The summed E-state index contributed by atoms with van der Waals surface area (Å²) in [5, 5.41) is 11.3. The molecule has 5 aromatic rings. The second-order valence-electron chi connectivity index (χ2n) is 6.48. The molecule has 3 aromatic heterocycles. The van der Waals surface area contributed by atoms with Crippen LogP contribution in [-0.2, 0) is 12.8 Å². The molecule has 9 heteroatoms. The van der Waals surface area contributed by atoms with Crippen molar-refractivity contribution in [1.82, 2.24) is 24.7 Å². The fraction of sp³-hybridized carbons (Fsp3) is 0.100. The molecule has 0 saturated heterocycles. The molecule has 1 N–H and O–H groups in total. The van der Waals surface area contributed by atoms with Crippen LogP contribution in [0.25, 0.3) is 33.5 Å². The Morgan fingerprint density at radius 3 is 2.93 bits per heavy atom. The van der Waals surface area contributed by atoms with Gasteiger partial charge >= 0.3 is 0 Å². The van der Waals surface area contributed by atoms with E-state index >= 15 is 0 Å². The highest BCUT2D eigenvalue weighted by atomic mass is 35.5. The van der Waals surface area contributed by atoms with Crippen molar-refractivity contribution in [2.45, 2.75) is 10.9 Å². The molecule has 5 rings (SSSR count). The van der Waals surface area contributed by atoms with Crippen LogP contribution in [0.2, 0.25) is 5.02 Å². The van der Waals surface area contributed by atoms with Gasteiger partial charge in [-0.15, -0.1) is 10.2 Å². The summed E-state index contributed by atoms with van der Waals surface area (Å²) < 4.78 is 7.73. The summed E-state index contributed by atoms with van der Waals surface area (Å²) in [6, 6.07) is 14.6. The number of aromatic nitrogens is 5. The molecular weight excluding hydrogens is 410 g/mol. The molecule has 2 aromatic carbocycles. The van der Waals surface area contributed by atoms with Gasteiger partial charge in [-0.05, 0) is 36.4 Å². The highest BCUT2D eigenvalue weighted by Gasteiger charge is 2.16. The second kappa shape index (κ2) is 7.06. The Hall–Kier alpha value is -3.10. The predicted octanol–water partition coefficient (Wildman–Crippen LogP) is 4.41. The number of aromatic amines is 1. The zero-order valence-corrected chi connectivity index (χ0v) is 16.8. The Morgan fingerprint density at radius 1 is 1.17 bits per heavy atom. The third-order valence-electron chi connectivity index (χ3n) is 4.53. The van der Waals surface area contributed by atoms with Crippen molar-refractivity contribution in [1.29, 1.82) is 0 Å². The summed E-state index contributed by atoms with van der Waals surface area (Å²) in [6.07, 6.45) is 0. The Kier molecular flexibility index (Phi) is 4.37. The molecular formula is C20H14ClN5O2S. The lowest BCUT2D eigenvalue weighted by atomic mass is 10.2. The molecule has 0 radical (unpaired) electrons. The predicted molar refractivity (Wildman–Crippen MR) is 113 cm³/mol. The molecule has 0 aliphatic rings. The lowest BCUT2D eigenvalue weighted by Crippen LogP contribution is -2.11. The van der Waals surface area contributed by atoms with E-state index in [1.165, 1.54) is 11.8 Å². The van der Waals surface area contributed by atoms with Gasteiger partial charge in [-0.25, -0.2) is 4.98 Å². The molecule has 0 fully saturated rings. The topological polar surface area (TPSA) is 89.6 Å². The summed E-state index contributed by atoms with van der Waals surface area (Å²) in [4.78, 5) is 19.6. The van der Waals surface area contributed by atoms with E-state index < -0.39 is 0 Å². The highest BCUT2D eigenvalue weighted by molar-refractivity contribution is 7.98. The van der Waals surface area contributed by atoms with Crippen LogP contribution in [0.3, 0.4) is 0 Å². The van der Waals surface area contributed by atoms with Crippen molar-refractivity contribution < 1.29 is 4.42 Å². The highest BCUT2D eigenvalue weighted by Crippen LogP contribution is 2.30. The van der Waals surface area contributed by atoms with Gasteiger partial charge in [-0.3, -0.25) is 4.79 Å². The number of rotatable bonds is 4. The van der Waals surface area contributed by atoms with Crippen LogP contribution in [0.15, 0.2) is 62.9 Å². The molecule has 0 aliphatic carbocycles. The number of H-pyrrole nitrogens is 1. The monoisotopic (exact) mass is 423 g/mol. The van der Waals surface area contributed by atoms with Crippen molar-refractivity contribution in [3.63, 3.8) is 0 Å². The number of hydrogen-bond acceptors (Lipinski definition) is 6. The van der Waals surface area contributed by atoms with Gasteiger partial charge in [0.05, 0.1) is 16.7 Å². The van der Waals surface area contributed by atoms with E-state index in [9.17, 15) is 4.79 Å². The van der Waals surface area contributed by atoms with Gasteiger partial charge in [0, 0.05) is 17.5 Å². The summed E-state index contributed by atoms with van der Waals surface area (Å²) in [5.74, 6) is 2.27. The maximum atomic E-state index is 12.2. The second-order valence-corrected chi connectivity index (χ2v) is 7.86. The van der Waals surface area contributed by atoms with Crippen molar-refractivity contribution in [3.8, 4) is 11.6 Å². The first-order valence-corrected chi connectivity index (χ1v) is 10.1. The third-order valence-corrected chi connectivity index (χ3v) is 5.80. The van der Waals surface area contributed by atoms with E-state index in [1.807, 2.05) is 48.0 Å². The minimum Gasteiger partial charge on any atom is -0.453 e. The maximum absolute atomic E-state index is 12.2. The lowest BCUT2D eigenvalue weighted by Gasteiger charge is -2.03. The van der Waals surface area contributed by atoms with Crippen LogP contribution in [0.4, 0.5) is 0 Å². The molecule has 0 atom stereocenters. The van der Waals surface area contributed by atoms with E-state index in [0.29, 0.717) is 44.2 Å². The molecule has 0 aliphatic heterocycles. The number of hydrogen-bond donors (Lipinski definition) is 1. The molecule has 7 nitrogen and oxygen atoms in total. The van der Waals surface area contributed by atoms with E-state index in [-0.39, 0.29) is 5.56 Å². The minimum atomic E-state index is -0.147. The first kappa shape index (κ1) is 18.0. The number of fused-ring (bicyclic) bond motifs is 2. The summed E-state index contributed by atoms with van der Waals surface area (Å²) in [6.45, 7) is 0. The van der Waals surface area contributed by atoms with E-state index in [1.54, 1.807) is 12.1 Å². The summed E-state index contributed by atoms with van der Waals surface area (Å²) >= 11 is 7.48. The van der Waals surface area contributed by atoms with Crippen molar-refractivity contribution in [2.24, 2.45) is 7.05 Å². The van der Waals surface area contributed by atoms with Crippen LogP contribution < -0.4 is 5.56 Å². The van der Waals surface area contributed by atoms with Gasteiger partial charge in [0.15, 0.2) is 16.7 Å². The number of benzene rings is 2. The minimum absolute atomic E-state index is 0.147. The van der Waals surface area contributed by atoms with Gasteiger partial charge < -0.3 is 14.0 Å². The average Bonchev–Trinajstić information content (AvgIpc) is 3.29. The number of halogens is 1. The van der Waals surface area contributed by atoms with Crippen molar-refractivity contribution in [2.75, 3.05) is 0 Å². The summed E-state index contributed by atoms with van der Waals surface area (Å²) in [5.41, 5.74) is 1.26. The zero-order chi connectivity index (χ0) is 20.0. The fourth-order valence-corrected chi connectivity index (χ4v) is 4.08. The largest absolute Gasteiger partial charge is 0.453 e.